The molecule has 6 heteroatoms. The van der Waals surface area contributed by atoms with Gasteiger partial charge in [-0.3, -0.25) is 0 Å². The van der Waals surface area contributed by atoms with E-state index in [0.29, 0.717) is 10.5 Å². The Morgan fingerprint density at radius 1 is 0.153 bits per heavy atom. The molecule has 28 rings (SSSR count). The van der Waals surface area contributed by atoms with Gasteiger partial charge in [0.2, 0.25) is 0 Å². The summed E-state index contributed by atoms with van der Waals surface area (Å²) in [6, 6.07) is 90.4. The Hall–Kier alpha value is -19.1. The monoisotopic (exact) mass is 1870 g/mol. The number of nitrogens with zero attached hydrogens (tertiary/aromatic N) is 3. The van der Waals surface area contributed by atoms with E-state index in [1.165, 1.54) is 43.8 Å². The molecule has 0 aliphatic rings. The maximum atomic E-state index is 9.63. The molecule has 0 N–H and O–H groups in total. The summed E-state index contributed by atoms with van der Waals surface area (Å²) in [5.74, 6) is 0. The van der Waals surface area contributed by atoms with Crippen LogP contribution in [0, 0.1) is 0 Å². The highest BCUT2D eigenvalue weighted by Crippen LogP contribution is 2.51. The van der Waals surface area contributed by atoms with Crippen molar-refractivity contribution >= 4 is 182 Å². The van der Waals surface area contributed by atoms with Crippen LogP contribution in [-0.2, 0) is 0 Å². The molecule has 0 radical (unpaired) electrons. The van der Waals surface area contributed by atoms with Crippen molar-refractivity contribution in [3.05, 3.63) is 551 Å². The van der Waals surface area contributed by atoms with Crippen molar-refractivity contribution < 1.29 is 59.9 Å². The van der Waals surface area contributed by atoms with Gasteiger partial charge in [0.1, 0.15) is 33.5 Å². The SMILES string of the molecule is [2H]c1c([2H])c([2H])c(-c2c([2H])c([2H])c(N(c3c([2H])c([2H])c(-c4c([2H])c([2H])c5c([2H])c([2H])c([2H])c([2H])c5c4[2H])c([2H])c3[2H])c3c([2H])c([2H])c([2H])c4c([2H])c([2H])c5c(oc6c([2H])c([2H])c([2H])c([2H])c65)c34)c([2H])c2[2H])c([2H])c1[2H].[2H]c1c([2H])c([2H])c(-c2ccc(N(c3ccc(-c4cccc5ccccc45)cc3)c3cccc4ccc5c6ccccc6oc5c34)cc2)c([2H])c1[2H].c1ccc(-c2ccc(N(c3ccc(-c4cccc5ccccc45)cc3)c3cccc4ccc5c6cccc(-c7ccccc7)c6oc5c34)cc2)cc1. The molecule has 0 unspecified atom stereocenters. The number of furan rings is 3. The quantitative estimate of drug-likeness (QED) is 0.0961. The first-order valence-electron chi connectivity index (χ1n) is 63.4. The Morgan fingerprint density at radius 3 is 1.12 bits per heavy atom. The molecule has 0 aliphatic heterocycles. The Balaban J connectivity index is 0.000000132. The molecule has 6 nitrogen and oxygen atoms in total. The van der Waals surface area contributed by atoms with E-state index in [4.69, 9.17) is 46.1 Å². The molecule has 3 aromatic heterocycles. The molecular formula is C138H91N3O3. The molecule has 0 amide bonds. The number of anilines is 9. The second-order valence-corrected chi connectivity index (χ2v) is 34.2. The van der Waals surface area contributed by atoms with Crippen LogP contribution in [0.4, 0.5) is 51.2 Å². The molecular weight excluding hydrogens is 1750 g/mol. The van der Waals surface area contributed by atoms with Crippen LogP contribution in [-0.4, -0.2) is 0 Å². The lowest BCUT2D eigenvalue weighted by Crippen LogP contribution is -2.10. The highest BCUT2D eigenvalue weighted by Gasteiger charge is 2.27. The van der Waals surface area contributed by atoms with Crippen molar-refractivity contribution in [2.75, 3.05) is 14.7 Å². The minimum absolute atomic E-state index is 0.174. The van der Waals surface area contributed by atoms with E-state index in [1.807, 2.05) is 48.5 Å². The van der Waals surface area contributed by atoms with Crippen LogP contribution in [0.15, 0.2) is 564 Å². The summed E-state index contributed by atoms with van der Waals surface area (Å²) in [7, 11) is 0. The first kappa shape index (κ1) is 56.7. The first-order chi connectivity index (χ1) is 85.6. The number of para-hydroxylation sites is 3. The van der Waals surface area contributed by atoms with Crippen LogP contribution in [0.5, 0.6) is 0 Å². The molecule has 0 bridgehead atoms. The maximum Gasteiger partial charge on any atom is 0.145 e. The van der Waals surface area contributed by atoms with Gasteiger partial charge in [0.25, 0.3) is 0 Å². The molecule has 0 fully saturated rings. The van der Waals surface area contributed by atoms with Crippen molar-refractivity contribution in [1.82, 2.24) is 0 Å². The molecule has 0 saturated carbocycles. The smallest absolute Gasteiger partial charge is 0.145 e. The van der Waals surface area contributed by atoms with E-state index >= 15 is 0 Å². The zero-order valence-electron chi connectivity index (χ0n) is 110. The summed E-state index contributed by atoms with van der Waals surface area (Å²) in [5, 5.41) is 9.64. The third kappa shape index (κ3) is 15.8. The lowest BCUT2D eigenvalue weighted by Gasteiger charge is -2.27. The number of hydrogen-bond acceptors (Lipinski definition) is 6. The summed E-state index contributed by atoms with van der Waals surface area (Å²) in [6.45, 7) is 0. The topological polar surface area (TPSA) is 49.1 Å². The van der Waals surface area contributed by atoms with Gasteiger partial charge in [0.15, 0.2) is 0 Å². The van der Waals surface area contributed by atoms with Crippen LogP contribution in [0.1, 0.15) is 46.6 Å². The number of benzene rings is 25. The molecule has 3 heterocycles. The van der Waals surface area contributed by atoms with Gasteiger partial charge >= 0.3 is 0 Å². The lowest BCUT2D eigenvalue weighted by atomic mass is 9.97. The Morgan fingerprint density at radius 2 is 0.528 bits per heavy atom. The third-order valence-electron chi connectivity index (χ3n) is 25.9. The molecule has 144 heavy (non-hydrogen) atoms. The summed E-state index contributed by atoms with van der Waals surface area (Å²) >= 11 is 0. The molecule has 0 spiro atoms. The van der Waals surface area contributed by atoms with E-state index in [-0.39, 0.29) is 29.7 Å². The van der Waals surface area contributed by atoms with Crippen molar-refractivity contribution in [3.63, 3.8) is 0 Å². The minimum atomic E-state index is -1.27. The maximum absolute atomic E-state index is 9.63. The van der Waals surface area contributed by atoms with Gasteiger partial charge in [-0.25, -0.2) is 0 Å². The largest absolute Gasteiger partial charge is 0.455 e. The van der Waals surface area contributed by atoms with Crippen molar-refractivity contribution in [2.24, 2.45) is 0 Å². The predicted octanol–water partition coefficient (Wildman–Crippen LogP) is 39.8. The summed E-state index contributed by atoms with van der Waals surface area (Å²) in [5.41, 5.74) is 11.2. The number of rotatable bonds is 16. The van der Waals surface area contributed by atoms with Crippen molar-refractivity contribution in [1.29, 1.82) is 0 Å². The molecule has 0 atom stereocenters. The minimum Gasteiger partial charge on any atom is -0.455 e. The zero-order chi connectivity index (χ0) is 125. The van der Waals surface area contributed by atoms with Crippen molar-refractivity contribution in [2.45, 2.75) is 0 Å². The first-order valence-corrected chi connectivity index (χ1v) is 46.4. The standard InChI is InChI=1S/C50H33NO.2C44H29NO/c1-3-12-34(13-4-1)35-24-29-40(30-25-35)51(41-31-26-38(27-32-41)43-20-9-17-36-16-7-8-19-42(36)43)47-23-10-18-39-28-33-46-45-22-11-21-44(37-14-5-2-6-15-37)49(45)52-50(46)48(39)47;1-2-10-30(11-3-1)31-20-25-35(26-21-31)45(36-27-22-33(23-28-36)38-17-8-13-32-12-4-5-15-37(32)38)41-18-9-14-34-24-29-40-39-16-6-7-19-42(39)46-44(40)43(34)41;1-2-9-30(10-3-1)32-19-24-37(25-20-32)45(38-26-21-33(22-27-38)36-18-17-31-11-4-5-12-35(31)29-36)41-15-8-13-34-23-28-40-39-14-6-7-16-42(39)46-44(40)43(34)41/h1-33H;2*1-29H/i;1D,2D,3D,10D,11D;1D,2D,3D,4D,5D,6D,7D,8D,9D,10D,11D,12D,13D,14D,15D,16D,17D,18D,19D,20D,21D,22D,23D,24D,25D,26D,27D,28D,29D. The molecule has 0 saturated heterocycles. The second-order valence-electron chi connectivity index (χ2n) is 34.2. The van der Waals surface area contributed by atoms with E-state index in [0.717, 1.165) is 122 Å². The number of hydrogen-bond donors (Lipinski definition) is 0. The van der Waals surface area contributed by atoms with E-state index in [1.54, 1.807) is 0 Å². The molecule has 25 aromatic carbocycles. The summed E-state index contributed by atoms with van der Waals surface area (Å²) in [4.78, 5) is 4.96. The highest BCUT2D eigenvalue weighted by atomic mass is 16.3. The van der Waals surface area contributed by atoms with Crippen molar-refractivity contribution in [3.8, 4) is 77.9 Å². The predicted molar refractivity (Wildman–Crippen MR) is 608 cm³/mol. The Kier molecular flexibility index (Phi) is 14.6. The third-order valence-corrected chi connectivity index (χ3v) is 25.9. The van der Waals surface area contributed by atoms with Crippen LogP contribution < -0.4 is 14.7 Å². The Labute approximate surface area is 881 Å². The van der Waals surface area contributed by atoms with E-state index in [2.05, 4.69) is 307 Å². The van der Waals surface area contributed by atoms with Crippen LogP contribution in [0.25, 0.3) is 208 Å². The number of fused-ring (bicyclic) bond motifs is 18. The highest BCUT2D eigenvalue weighted by molar-refractivity contribution is 6.24. The average molecular weight is 1870 g/mol. The van der Waals surface area contributed by atoms with Gasteiger partial charge in [0, 0.05) is 88.2 Å². The van der Waals surface area contributed by atoms with Gasteiger partial charge in [-0.2, -0.15) is 0 Å². The fourth-order valence-corrected chi connectivity index (χ4v) is 19.2. The molecule has 0 aliphatic carbocycles. The Bertz CT molecular complexity index is 11800. The van der Waals surface area contributed by atoms with Crippen LogP contribution in [0.3, 0.4) is 0 Å². The van der Waals surface area contributed by atoms with Gasteiger partial charge in [0.05, 0.1) is 63.7 Å². The van der Waals surface area contributed by atoms with E-state index < -0.39 is 264 Å². The second kappa shape index (κ2) is 37.0. The van der Waals surface area contributed by atoms with E-state index in [9.17, 15) is 13.7 Å². The lowest BCUT2D eigenvalue weighted by molar-refractivity contribution is 0.672. The summed E-state index contributed by atoms with van der Waals surface area (Å²) < 4.78 is 319. The van der Waals surface area contributed by atoms with Crippen LogP contribution >= 0.6 is 0 Å². The average Bonchev–Trinajstić information content (AvgIpc) is 1.39. The van der Waals surface area contributed by atoms with Gasteiger partial charge in [-0.05, 0) is 248 Å². The van der Waals surface area contributed by atoms with Gasteiger partial charge in [-0.1, -0.05) is 424 Å². The van der Waals surface area contributed by atoms with Gasteiger partial charge in [-0.15, -0.1) is 0 Å². The molecule has 28 aromatic rings. The zero-order valence-corrected chi connectivity index (χ0v) is 76.0. The van der Waals surface area contributed by atoms with Gasteiger partial charge < -0.3 is 28.0 Å². The fourth-order valence-electron chi connectivity index (χ4n) is 19.2. The normalized spacial score (nSPS) is 14.8. The molecule has 676 valence electrons. The fraction of sp³-hybridized carbons (Fsp3) is 0. The van der Waals surface area contributed by atoms with Crippen LogP contribution in [0.2, 0.25) is 0 Å². The summed E-state index contributed by atoms with van der Waals surface area (Å²) in [6.07, 6.45) is 0.